The normalized spacial score (nSPS) is 19.2. The summed E-state index contributed by atoms with van der Waals surface area (Å²) in [7, 11) is 4.32. The minimum atomic E-state index is 0.239. The van der Waals surface area contributed by atoms with E-state index in [0.717, 1.165) is 45.3 Å². The summed E-state index contributed by atoms with van der Waals surface area (Å²) in [5.74, 6) is 0.239. The molecule has 1 heterocycles. The van der Waals surface area contributed by atoms with Crippen molar-refractivity contribution in [3.63, 3.8) is 0 Å². The monoisotopic (exact) mass is 283 g/mol. The van der Waals surface area contributed by atoms with Gasteiger partial charge < -0.3 is 15.1 Å². The van der Waals surface area contributed by atoms with Crippen LogP contribution in [0.1, 0.15) is 52.4 Å². The number of piperidine rings is 1. The first-order valence-electron chi connectivity index (χ1n) is 8.24. The SMILES string of the molecule is CCCN(C)C(CC)CCC(=O)NC1CCN(C)CC1. The van der Waals surface area contributed by atoms with E-state index in [9.17, 15) is 4.79 Å². The molecule has 1 aliphatic rings. The number of carbonyl (C=O) groups is 1. The highest BCUT2D eigenvalue weighted by molar-refractivity contribution is 5.76. The molecule has 1 atom stereocenters. The second kappa shape index (κ2) is 9.35. The van der Waals surface area contributed by atoms with Crippen LogP contribution in [-0.2, 0) is 4.79 Å². The van der Waals surface area contributed by atoms with Crippen molar-refractivity contribution < 1.29 is 4.79 Å². The number of likely N-dealkylation sites (tertiary alicyclic amines) is 1. The molecule has 1 amide bonds. The first kappa shape index (κ1) is 17.4. The van der Waals surface area contributed by atoms with Gasteiger partial charge in [0.1, 0.15) is 0 Å². The Hall–Kier alpha value is -0.610. The molecule has 1 rings (SSSR count). The Labute approximate surface area is 124 Å². The second-order valence-electron chi connectivity index (χ2n) is 6.23. The van der Waals surface area contributed by atoms with Crippen molar-refractivity contribution in [2.24, 2.45) is 0 Å². The van der Waals surface area contributed by atoms with E-state index >= 15 is 0 Å². The van der Waals surface area contributed by atoms with Gasteiger partial charge in [-0.3, -0.25) is 4.79 Å². The van der Waals surface area contributed by atoms with Crippen LogP contribution in [0.15, 0.2) is 0 Å². The molecule has 0 aromatic rings. The number of amides is 1. The van der Waals surface area contributed by atoms with Gasteiger partial charge in [-0.15, -0.1) is 0 Å². The Morgan fingerprint density at radius 1 is 1.35 bits per heavy atom. The summed E-state index contributed by atoms with van der Waals surface area (Å²) in [6.07, 6.45) is 6.13. The van der Waals surface area contributed by atoms with Crippen molar-refractivity contribution in [2.45, 2.75) is 64.5 Å². The molecule has 1 N–H and O–H groups in total. The van der Waals surface area contributed by atoms with Crippen molar-refractivity contribution in [1.29, 1.82) is 0 Å². The number of carbonyl (C=O) groups excluding carboxylic acids is 1. The molecule has 0 aromatic heterocycles. The average Bonchev–Trinajstić information content (AvgIpc) is 2.42. The molecule has 0 spiro atoms. The fourth-order valence-corrected chi connectivity index (χ4v) is 3.02. The largest absolute Gasteiger partial charge is 0.353 e. The third-order valence-corrected chi connectivity index (χ3v) is 4.46. The molecular formula is C16H33N3O. The average molecular weight is 283 g/mol. The lowest BCUT2D eigenvalue weighted by atomic mass is 10.0. The van der Waals surface area contributed by atoms with Crippen LogP contribution in [0.4, 0.5) is 0 Å². The Bertz CT molecular complexity index is 275. The highest BCUT2D eigenvalue weighted by Gasteiger charge is 2.19. The fraction of sp³-hybridized carbons (Fsp3) is 0.938. The van der Waals surface area contributed by atoms with Crippen LogP contribution in [0, 0.1) is 0 Å². The molecule has 4 nitrogen and oxygen atoms in total. The maximum Gasteiger partial charge on any atom is 0.220 e. The molecule has 0 aliphatic carbocycles. The number of rotatable bonds is 8. The van der Waals surface area contributed by atoms with Gasteiger partial charge in [-0.1, -0.05) is 13.8 Å². The van der Waals surface area contributed by atoms with E-state index in [4.69, 9.17) is 0 Å². The topological polar surface area (TPSA) is 35.6 Å². The summed E-state index contributed by atoms with van der Waals surface area (Å²) in [6.45, 7) is 7.74. The van der Waals surface area contributed by atoms with Gasteiger partial charge in [0.25, 0.3) is 0 Å². The van der Waals surface area contributed by atoms with E-state index in [1.54, 1.807) is 0 Å². The maximum atomic E-state index is 12.1. The van der Waals surface area contributed by atoms with Crippen molar-refractivity contribution >= 4 is 5.91 Å². The smallest absolute Gasteiger partial charge is 0.220 e. The van der Waals surface area contributed by atoms with Gasteiger partial charge in [0.15, 0.2) is 0 Å². The van der Waals surface area contributed by atoms with Crippen molar-refractivity contribution in [3.8, 4) is 0 Å². The fourth-order valence-electron chi connectivity index (χ4n) is 3.02. The van der Waals surface area contributed by atoms with Crippen LogP contribution >= 0.6 is 0 Å². The van der Waals surface area contributed by atoms with E-state index in [1.807, 2.05) is 0 Å². The van der Waals surface area contributed by atoms with Crippen LogP contribution in [0.5, 0.6) is 0 Å². The number of nitrogens with one attached hydrogen (secondary N) is 1. The first-order valence-corrected chi connectivity index (χ1v) is 8.24. The Morgan fingerprint density at radius 2 is 2.00 bits per heavy atom. The van der Waals surface area contributed by atoms with Crippen LogP contribution in [0.2, 0.25) is 0 Å². The summed E-state index contributed by atoms with van der Waals surface area (Å²) in [5.41, 5.74) is 0. The Kier molecular flexibility index (Phi) is 8.15. The van der Waals surface area contributed by atoms with Crippen molar-refractivity contribution in [2.75, 3.05) is 33.7 Å². The number of hydrogen-bond donors (Lipinski definition) is 1. The molecule has 0 saturated carbocycles. The third-order valence-electron chi connectivity index (χ3n) is 4.46. The third kappa shape index (κ3) is 6.23. The minimum Gasteiger partial charge on any atom is -0.353 e. The molecule has 0 bridgehead atoms. The van der Waals surface area contributed by atoms with Gasteiger partial charge in [0, 0.05) is 18.5 Å². The van der Waals surface area contributed by atoms with Crippen molar-refractivity contribution in [1.82, 2.24) is 15.1 Å². The minimum absolute atomic E-state index is 0.239. The maximum absolute atomic E-state index is 12.1. The zero-order valence-corrected chi connectivity index (χ0v) is 13.8. The van der Waals surface area contributed by atoms with Gasteiger partial charge in [0.2, 0.25) is 5.91 Å². The van der Waals surface area contributed by atoms with Gasteiger partial charge in [-0.05, 0) is 65.8 Å². The molecule has 4 heteroatoms. The van der Waals surface area contributed by atoms with Gasteiger partial charge in [-0.25, -0.2) is 0 Å². The van der Waals surface area contributed by atoms with E-state index in [-0.39, 0.29) is 5.91 Å². The van der Waals surface area contributed by atoms with Gasteiger partial charge in [0.05, 0.1) is 0 Å². The highest BCUT2D eigenvalue weighted by Crippen LogP contribution is 2.12. The summed E-state index contributed by atoms with van der Waals surface area (Å²) >= 11 is 0. The van der Waals surface area contributed by atoms with Crippen LogP contribution < -0.4 is 5.32 Å². The summed E-state index contributed by atoms with van der Waals surface area (Å²) in [4.78, 5) is 16.8. The van der Waals surface area contributed by atoms with E-state index in [0.29, 0.717) is 18.5 Å². The standard InChI is InChI=1S/C16H33N3O/c1-5-11-19(4)15(6-2)7-8-16(20)17-14-9-12-18(3)13-10-14/h14-15H,5-13H2,1-4H3,(H,17,20). The van der Waals surface area contributed by atoms with Crippen LogP contribution in [0.25, 0.3) is 0 Å². The van der Waals surface area contributed by atoms with Crippen LogP contribution in [-0.4, -0.2) is 61.5 Å². The molecule has 1 fully saturated rings. The quantitative estimate of drug-likeness (QED) is 0.741. The predicted molar refractivity (Wildman–Crippen MR) is 84.9 cm³/mol. The lowest BCUT2D eigenvalue weighted by Crippen LogP contribution is -2.43. The predicted octanol–water partition coefficient (Wildman–Crippen LogP) is 2.10. The molecule has 0 radical (unpaired) electrons. The Morgan fingerprint density at radius 3 is 2.55 bits per heavy atom. The highest BCUT2D eigenvalue weighted by atomic mass is 16.1. The number of nitrogens with zero attached hydrogens (tertiary/aromatic N) is 2. The van der Waals surface area contributed by atoms with E-state index in [2.05, 4.69) is 43.1 Å². The summed E-state index contributed by atoms with van der Waals surface area (Å²) in [5, 5.41) is 3.21. The second-order valence-corrected chi connectivity index (χ2v) is 6.23. The molecule has 1 saturated heterocycles. The molecule has 20 heavy (non-hydrogen) atoms. The van der Waals surface area contributed by atoms with Crippen LogP contribution in [0.3, 0.4) is 0 Å². The summed E-state index contributed by atoms with van der Waals surface area (Å²) in [6, 6.07) is 0.935. The molecule has 118 valence electrons. The zero-order valence-electron chi connectivity index (χ0n) is 13.8. The van der Waals surface area contributed by atoms with E-state index in [1.165, 1.54) is 6.42 Å². The van der Waals surface area contributed by atoms with Gasteiger partial charge >= 0.3 is 0 Å². The molecule has 1 unspecified atom stereocenters. The number of hydrogen-bond acceptors (Lipinski definition) is 3. The lowest BCUT2D eigenvalue weighted by Gasteiger charge is -2.30. The van der Waals surface area contributed by atoms with Crippen molar-refractivity contribution in [3.05, 3.63) is 0 Å². The lowest BCUT2D eigenvalue weighted by molar-refractivity contribution is -0.122. The molecule has 1 aliphatic heterocycles. The molecule has 0 aromatic carbocycles. The molecular weight excluding hydrogens is 250 g/mol. The summed E-state index contributed by atoms with van der Waals surface area (Å²) < 4.78 is 0. The zero-order chi connectivity index (χ0) is 15.0. The van der Waals surface area contributed by atoms with E-state index < -0.39 is 0 Å². The first-order chi connectivity index (χ1) is 9.56. The Balaban J connectivity index is 2.24. The van der Waals surface area contributed by atoms with Gasteiger partial charge in [-0.2, -0.15) is 0 Å².